The molecule has 0 spiro atoms. The van der Waals surface area contributed by atoms with Gasteiger partial charge in [0.05, 0.1) is 24.1 Å². The van der Waals surface area contributed by atoms with Gasteiger partial charge in [-0.15, -0.1) is 0 Å². The van der Waals surface area contributed by atoms with Crippen LogP contribution in [0.1, 0.15) is 51.9 Å². The molecule has 120 valence electrons. The fourth-order valence-corrected chi connectivity index (χ4v) is 3.31. The van der Waals surface area contributed by atoms with Crippen LogP contribution < -0.4 is 5.73 Å². The second kappa shape index (κ2) is 7.84. The molecule has 6 nitrogen and oxygen atoms in total. The van der Waals surface area contributed by atoms with Crippen LogP contribution in [0.5, 0.6) is 0 Å². The summed E-state index contributed by atoms with van der Waals surface area (Å²) in [5.74, 6) is -1.28. The van der Waals surface area contributed by atoms with E-state index in [-0.39, 0.29) is 18.1 Å². The number of nitrogens with zero attached hydrogens (tertiary/aromatic N) is 2. The summed E-state index contributed by atoms with van der Waals surface area (Å²) >= 11 is 0. The van der Waals surface area contributed by atoms with Crippen molar-refractivity contribution in [1.29, 1.82) is 0 Å². The van der Waals surface area contributed by atoms with Gasteiger partial charge in [-0.05, 0) is 51.9 Å². The molecule has 2 rings (SSSR count). The zero-order valence-corrected chi connectivity index (χ0v) is 12.8. The molecule has 0 heterocycles. The summed E-state index contributed by atoms with van der Waals surface area (Å²) < 4.78 is 5.63. The van der Waals surface area contributed by atoms with Gasteiger partial charge in [-0.1, -0.05) is 0 Å². The van der Waals surface area contributed by atoms with E-state index in [2.05, 4.69) is 10.2 Å². The third-order valence-electron chi connectivity index (χ3n) is 4.63. The number of carboxylic acid groups (broad SMARTS) is 1. The van der Waals surface area contributed by atoms with Crippen molar-refractivity contribution in [2.24, 2.45) is 21.9 Å². The molecule has 2 aliphatic rings. The summed E-state index contributed by atoms with van der Waals surface area (Å²) in [5.41, 5.74) is 5.86. The molecule has 0 saturated heterocycles. The predicted octanol–water partition coefficient (Wildman–Crippen LogP) is 2.37. The Morgan fingerprint density at radius 1 is 1.14 bits per heavy atom. The van der Waals surface area contributed by atoms with Crippen LogP contribution in [0.3, 0.4) is 0 Å². The number of hydrogen-bond acceptors (Lipinski definition) is 5. The van der Waals surface area contributed by atoms with Crippen molar-refractivity contribution in [3.8, 4) is 0 Å². The second-order valence-electron chi connectivity index (χ2n) is 6.19. The molecule has 3 atom stereocenters. The molecule has 6 heteroatoms. The summed E-state index contributed by atoms with van der Waals surface area (Å²) in [4.78, 5) is 11.1. The smallest absolute Gasteiger partial charge is 0.308 e. The van der Waals surface area contributed by atoms with Crippen LogP contribution in [0, 0.1) is 5.92 Å². The summed E-state index contributed by atoms with van der Waals surface area (Å²) in [6.45, 7) is 2.80. The topological polar surface area (TPSA) is 97.3 Å². The largest absolute Gasteiger partial charge is 0.481 e. The van der Waals surface area contributed by atoms with Gasteiger partial charge in [0.1, 0.15) is 0 Å². The average molecular weight is 297 g/mol. The Labute approximate surface area is 126 Å². The van der Waals surface area contributed by atoms with Crippen molar-refractivity contribution >= 4 is 5.97 Å². The minimum atomic E-state index is -0.806. The van der Waals surface area contributed by atoms with Gasteiger partial charge in [0.2, 0.25) is 0 Å². The van der Waals surface area contributed by atoms with Crippen molar-refractivity contribution in [3.63, 3.8) is 0 Å². The maximum atomic E-state index is 11.1. The van der Waals surface area contributed by atoms with E-state index in [9.17, 15) is 4.79 Å². The van der Waals surface area contributed by atoms with Gasteiger partial charge in [0.15, 0.2) is 0 Å². The number of rotatable bonds is 5. The Morgan fingerprint density at radius 3 is 2.38 bits per heavy atom. The van der Waals surface area contributed by atoms with Crippen LogP contribution in [-0.2, 0) is 9.53 Å². The molecule has 0 bridgehead atoms. The Hall–Kier alpha value is -1.01. The van der Waals surface area contributed by atoms with E-state index in [0.29, 0.717) is 12.5 Å². The van der Waals surface area contributed by atoms with Gasteiger partial charge >= 0.3 is 5.97 Å². The molecule has 2 aliphatic carbocycles. The van der Waals surface area contributed by atoms with Gasteiger partial charge in [0.25, 0.3) is 0 Å². The molecule has 2 fully saturated rings. The molecular weight excluding hydrogens is 270 g/mol. The van der Waals surface area contributed by atoms with E-state index in [4.69, 9.17) is 15.6 Å². The number of carbonyl (C=O) groups is 1. The number of aliphatic carboxylic acids is 1. The molecule has 3 unspecified atom stereocenters. The number of ether oxygens (including phenoxy) is 1. The summed E-state index contributed by atoms with van der Waals surface area (Å²) in [7, 11) is 0. The molecule has 3 N–H and O–H groups in total. The maximum absolute atomic E-state index is 11.1. The van der Waals surface area contributed by atoms with Crippen molar-refractivity contribution < 1.29 is 14.6 Å². The number of carboxylic acids is 1. The Balaban J connectivity index is 1.78. The fraction of sp³-hybridized carbons (Fsp3) is 0.933. The van der Waals surface area contributed by atoms with Crippen LogP contribution >= 0.6 is 0 Å². The second-order valence-corrected chi connectivity index (χ2v) is 6.19. The van der Waals surface area contributed by atoms with Gasteiger partial charge < -0.3 is 15.6 Å². The first-order chi connectivity index (χ1) is 10.1. The molecule has 0 radical (unpaired) electrons. The molecule has 0 aromatic heterocycles. The highest BCUT2D eigenvalue weighted by Gasteiger charge is 2.33. The Bertz CT molecular complexity index is 367. The van der Waals surface area contributed by atoms with Crippen molar-refractivity contribution in [1.82, 2.24) is 0 Å². The molecular formula is C15H27N3O3. The highest BCUT2D eigenvalue weighted by Crippen LogP contribution is 2.28. The lowest BCUT2D eigenvalue weighted by atomic mass is 9.82. The van der Waals surface area contributed by atoms with Crippen molar-refractivity contribution in [3.05, 3.63) is 0 Å². The summed E-state index contributed by atoms with van der Waals surface area (Å²) in [6, 6.07) is 0.0617. The molecule has 2 saturated carbocycles. The molecule has 0 aromatic carbocycles. The Kier molecular flexibility index (Phi) is 6.11. The SMILES string of the molecule is CCOC1CCC(N=NC2CCC(N)C(C(=O)O)C2)CC1. The van der Waals surface area contributed by atoms with E-state index in [1.165, 1.54) is 0 Å². The monoisotopic (exact) mass is 297 g/mol. The van der Waals surface area contributed by atoms with Gasteiger partial charge in [-0.3, -0.25) is 4.79 Å². The molecule has 21 heavy (non-hydrogen) atoms. The normalized spacial score (nSPS) is 37.7. The molecule has 0 amide bonds. The maximum Gasteiger partial charge on any atom is 0.308 e. The first kappa shape index (κ1) is 16.4. The zero-order chi connectivity index (χ0) is 15.2. The van der Waals surface area contributed by atoms with Crippen LogP contribution in [0.15, 0.2) is 10.2 Å². The minimum Gasteiger partial charge on any atom is -0.481 e. The van der Waals surface area contributed by atoms with Crippen LogP contribution in [0.2, 0.25) is 0 Å². The van der Waals surface area contributed by atoms with Gasteiger partial charge in [-0.25, -0.2) is 0 Å². The van der Waals surface area contributed by atoms with Gasteiger partial charge in [0, 0.05) is 12.6 Å². The fourth-order valence-electron chi connectivity index (χ4n) is 3.31. The van der Waals surface area contributed by atoms with Crippen molar-refractivity contribution in [2.75, 3.05) is 6.61 Å². The van der Waals surface area contributed by atoms with Crippen molar-refractivity contribution in [2.45, 2.75) is 76.1 Å². The zero-order valence-electron chi connectivity index (χ0n) is 12.8. The first-order valence-electron chi connectivity index (χ1n) is 8.10. The van der Waals surface area contributed by atoms with E-state index >= 15 is 0 Å². The van der Waals surface area contributed by atoms with Gasteiger partial charge in [-0.2, -0.15) is 10.2 Å². The molecule has 0 aliphatic heterocycles. The lowest BCUT2D eigenvalue weighted by molar-refractivity contribution is -0.143. The third-order valence-corrected chi connectivity index (χ3v) is 4.63. The number of hydrogen-bond donors (Lipinski definition) is 2. The van der Waals surface area contributed by atoms with E-state index in [1.54, 1.807) is 0 Å². The van der Waals surface area contributed by atoms with Crippen LogP contribution in [0.4, 0.5) is 0 Å². The first-order valence-corrected chi connectivity index (χ1v) is 8.10. The number of azo groups is 1. The lowest BCUT2D eigenvalue weighted by Gasteiger charge is -2.29. The van der Waals surface area contributed by atoms with Crippen LogP contribution in [0.25, 0.3) is 0 Å². The summed E-state index contributed by atoms with van der Waals surface area (Å²) in [5, 5.41) is 18.0. The summed E-state index contributed by atoms with van der Waals surface area (Å²) in [6.07, 6.45) is 6.60. The van der Waals surface area contributed by atoms with Crippen LogP contribution in [-0.4, -0.2) is 41.9 Å². The Morgan fingerprint density at radius 2 is 1.76 bits per heavy atom. The number of nitrogens with two attached hydrogens (primary N) is 1. The van der Waals surface area contributed by atoms with E-state index in [1.807, 2.05) is 6.92 Å². The highest BCUT2D eigenvalue weighted by molar-refractivity contribution is 5.71. The predicted molar refractivity (Wildman–Crippen MR) is 79.3 cm³/mol. The standard InChI is InChI=1S/C15H27N3O3/c1-2-21-12-6-3-10(4-7-12)17-18-11-5-8-14(16)13(9-11)15(19)20/h10-14H,2-9,16H2,1H3,(H,19,20). The lowest BCUT2D eigenvalue weighted by Crippen LogP contribution is -2.41. The average Bonchev–Trinajstić information content (AvgIpc) is 2.48. The third kappa shape index (κ3) is 4.74. The molecule has 0 aromatic rings. The highest BCUT2D eigenvalue weighted by atomic mass is 16.5. The van der Waals surface area contributed by atoms with E-state index in [0.717, 1.165) is 45.1 Å². The quantitative estimate of drug-likeness (QED) is 0.761. The van der Waals surface area contributed by atoms with E-state index < -0.39 is 11.9 Å². The minimum absolute atomic E-state index is 0.0236.